The normalized spacial score (nSPS) is 28.1. The summed E-state index contributed by atoms with van der Waals surface area (Å²) in [5.74, 6) is 3.32. The van der Waals surface area contributed by atoms with E-state index in [1.165, 1.54) is 25.7 Å². The molecule has 2 aliphatic rings. The third kappa shape index (κ3) is 2.53. The number of fused-ring (bicyclic) bond motifs is 3. The Morgan fingerprint density at radius 1 is 1.32 bits per heavy atom. The van der Waals surface area contributed by atoms with Crippen molar-refractivity contribution in [2.75, 3.05) is 0 Å². The van der Waals surface area contributed by atoms with E-state index in [1.54, 1.807) is 0 Å². The quantitative estimate of drug-likeness (QED) is 0.906. The highest BCUT2D eigenvalue weighted by atomic mass is 16.3. The molecular formula is C19H23NO2. The van der Waals surface area contributed by atoms with Crippen molar-refractivity contribution in [3.05, 3.63) is 36.1 Å². The minimum atomic E-state index is -0.0708. The molecule has 1 aromatic carbocycles. The first-order valence-corrected chi connectivity index (χ1v) is 8.47. The van der Waals surface area contributed by atoms with Gasteiger partial charge in [0.15, 0.2) is 0 Å². The molecule has 0 aliphatic heterocycles. The zero-order chi connectivity index (χ0) is 15.1. The molecule has 0 spiro atoms. The Hall–Kier alpha value is -1.77. The number of rotatable bonds is 4. The van der Waals surface area contributed by atoms with Crippen molar-refractivity contribution in [1.82, 2.24) is 5.32 Å². The first-order valence-electron chi connectivity index (χ1n) is 8.47. The maximum Gasteiger partial charge on any atom is 0.220 e. The van der Waals surface area contributed by atoms with Gasteiger partial charge in [-0.3, -0.25) is 4.79 Å². The van der Waals surface area contributed by atoms with Crippen LogP contribution in [0.2, 0.25) is 0 Å². The van der Waals surface area contributed by atoms with Crippen LogP contribution in [0.3, 0.4) is 0 Å². The maximum atomic E-state index is 12.3. The molecule has 1 aromatic heterocycles. The molecule has 3 heteroatoms. The molecule has 4 unspecified atom stereocenters. The smallest absolute Gasteiger partial charge is 0.220 e. The zero-order valence-corrected chi connectivity index (χ0v) is 13.0. The number of nitrogens with one attached hydrogen (secondary N) is 1. The Morgan fingerprint density at radius 3 is 2.91 bits per heavy atom. The van der Waals surface area contributed by atoms with Crippen LogP contribution in [0.5, 0.6) is 0 Å². The highest BCUT2D eigenvalue weighted by molar-refractivity contribution is 5.79. The molecule has 4 rings (SSSR count). The highest BCUT2D eigenvalue weighted by Crippen LogP contribution is 2.49. The summed E-state index contributed by atoms with van der Waals surface area (Å²) in [7, 11) is 0. The number of carbonyl (C=O) groups is 1. The van der Waals surface area contributed by atoms with Crippen LogP contribution in [0, 0.1) is 17.8 Å². The average molecular weight is 297 g/mol. The number of benzene rings is 1. The zero-order valence-electron chi connectivity index (χ0n) is 13.0. The number of hydrogen-bond acceptors (Lipinski definition) is 2. The molecule has 1 N–H and O–H groups in total. The Bertz CT molecular complexity index is 657. The number of para-hydroxylation sites is 1. The summed E-state index contributed by atoms with van der Waals surface area (Å²) in [6.07, 6.45) is 6.03. The van der Waals surface area contributed by atoms with Crippen molar-refractivity contribution >= 4 is 16.9 Å². The van der Waals surface area contributed by atoms with Crippen LogP contribution in [-0.2, 0) is 4.79 Å². The van der Waals surface area contributed by atoms with E-state index in [4.69, 9.17) is 4.42 Å². The number of hydrogen-bond donors (Lipinski definition) is 1. The number of amides is 1. The first kappa shape index (κ1) is 13.9. The van der Waals surface area contributed by atoms with Crippen LogP contribution >= 0.6 is 0 Å². The van der Waals surface area contributed by atoms with Gasteiger partial charge in [-0.2, -0.15) is 0 Å². The molecule has 1 amide bonds. The summed E-state index contributed by atoms with van der Waals surface area (Å²) in [5, 5.41) is 4.20. The van der Waals surface area contributed by atoms with Gasteiger partial charge < -0.3 is 9.73 Å². The Morgan fingerprint density at radius 2 is 2.18 bits per heavy atom. The van der Waals surface area contributed by atoms with E-state index in [1.807, 2.05) is 37.3 Å². The van der Waals surface area contributed by atoms with Crippen molar-refractivity contribution < 1.29 is 9.21 Å². The van der Waals surface area contributed by atoms with Gasteiger partial charge in [0.1, 0.15) is 11.3 Å². The molecule has 2 saturated carbocycles. The Labute approximate surface area is 131 Å². The summed E-state index contributed by atoms with van der Waals surface area (Å²) < 4.78 is 5.84. The van der Waals surface area contributed by atoms with Crippen molar-refractivity contribution in [3.8, 4) is 0 Å². The van der Waals surface area contributed by atoms with Gasteiger partial charge in [-0.05, 0) is 56.1 Å². The maximum absolute atomic E-state index is 12.3. The van der Waals surface area contributed by atoms with Crippen LogP contribution in [0.1, 0.15) is 50.8 Å². The molecule has 1 heterocycles. The second-order valence-corrected chi connectivity index (χ2v) is 7.11. The topological polar surface area (TPSA) is 42.2 Å². The fourth-order valence-corrected chi connectivity index (χ4v) is 4.45. The van der Waals surface area contributed by atoms with Gasteiger partial charge in [-0.1, -0.05) is 24.6 Å². The lowest BCUT2D eigenvalue weighted by molar-refractivity contribution is -0.123. The third-order valence-corrected chi connectivity index (χ3v) is 5.58. The SMILES string of the molecule is CC(NC(=O)CC1CC2CCC1C2)c1cc2ccccc2o1. The van der Waals surface area contributed by atoms with E-state index in [-0.39, 0.29) is 11.9 Å². The van der Waals surface area contributed by atoms with E-state index >= 15 is 0 Å². The molecule has 2 bridgehead atoms. The standard InChI is InChI=1S/C19H23NO2/c1-12(18-10-15-4-2-3-5-17(15)22-18)20-19(21)11-16-9-13-6-7-14(16)8-13/h2-5,10,12-14,16H,6-9,11H2,1H3,(H,20,21). The summed E-state index contributed by atoms with van der Waals surface area (Å²) in [6, 6.07) is 9.92. The van der Waals surface area contributed by atoms with Crippen LogP contribution in [0.25, 0.3) is 11.0 Å². The van der Waals surface area contributed by atoms with Crippen LogP contribution in [-0.4, -0.2) is 5.91 Å². The fraction of sp³-hybridized carbons (Fsp3) is 0.526. The van der Waals surface area contributed by atoms with Crippen molar-refractivity contribution in [3.63, 3.8) is 0 Å². The van der Waals surface area contributed by atoms with Crippen molar-refractivity contribution in [2.45, 2.75) is 45.1 Å². The molecule has 0 radical (unpaired) electrons. The Balaban J connectivity index is 1.38. The second-order valence-electron chi connectivity index (χ2n) is 7.11. The molecule has 2 fully saturated rings. The molecule has 3 nitrogen and oxygen atoms in total. The Kier molecular flexibility index (Phi) is 3.44. The summed E-state index contributed by atoms with van der Waals surface area (Å²) in [5.41, 5.74) is 0.881. The third-order valence-electron chi connectivity index (χ3n) is 5.58. The minimum absolute atomic E-state index is 0.0708. The van der Waals surface area contributed by atoms with E-state index in [2.05, 4.69) is 5.32 Å². The van der Waals surface area contributed by atoms with Gasteiger partial charge in [0.25, 0.3) is 0 Å². The van der Waals surface area contributed by atoms with Crippen LogP contribution in [0.15, 0.2) is 34.7 Å². The highest BCUT2D eigenvalue weighted by Gasteiger charge is 2.40. The van der Waals surface area contributed by atoms with Crippen LogP contribution < -0.4 is 5.32 Å². The molecule has 2 aromatic rings. The minimum Gasteiger partial charge on any atom is -0.459 e. The lowest BCUT2D eigenvalue weighted by atomic mass is 9.86. The van der Waals surface area contributed by atoms with Gasteiger partial charge >= 0.3 is 0 Å². The van der Waals surface area contributed by atoms with Gasteiger partial charge in [0.2, 0.25) is 5.91 Å². The lowest BCUT2D eigenvalue weighted by Gasteiger charge is -2.21. The van der Waals surface area contributed by atoms with Crippen molar-refractivity contribution in [2.24, 2.45) is 17.8 Å². The average Bonchev–Trinajstić information content (AvgIpc) is 3.21. The second kappa shape index (κ2) is 5.45. The van der Waals surface area contributed by atoms with Gasteiger partial charge in [-0.15, -0.1) is 0 Å². The van der Waals surface area contributed by atoms with E-state index < -0.39 is 0 Å². The van der Waals surface area contributed by atoms with Gasteiger partial charge in [0, 0.05) is 11.8 Å². The molecule has 4 atom stereocenters. The first-order chi connectivity index (χ1) is 10.7. The molecule has 2 aliphatic carbocycles. The number of furan rings is 1. The van der Waals surface area contributed by atoms with Gasteiger partial charge in [-0.25, -0.2) is 0 Å². The molecule has 0 saturated heterocycles. The predicted molar refractivity (Wildman–Crippen MR) is 86.3 cm³/mol. The summed E-state index contributed by atoms with van der Waals surface area (Å²) >= 11 is 0. The number of carbonyl (C=O) groups excluding carboxylic acids is 1. The summed E-state index contributed by atoms with van der Waals surface area (Å²) in [4.78, 5) is 12.3. The van der Waals surface area contributed by atoms with Crippen LogP contribution in [0.4, 0.5) is 0 Å². The molecular weight excluding hydrogens is 274 g/mol. The van der Waals surface area contributed by atoms with E-state index in [0.29, 0.717) is 12.3 Å². The van der Waals surface area contributed by atoms with E-state index in [9.17, 15) is 4.79 Å². The lowest BCUT2D eigenvalue weighted by Crippen LogP contribution is -2.29. The van der Waals surface area contributed by atoms with Crippen molar-refractivity contribution in [1.29, 1.82) is 0 Å². The van der Waals surface area contributed by atoms with Gasteiger partial charge in [0.05, 0.1) is 6.04 Å². The molecule has 116 valence electrons. The monoisotopic (exact) mass is 297 g/mol. The van der Waals surface area contributed by atoms with E-state index in [0.717, 1.165) is 28.6 Å². The summed E-state index contributed by atoms with van der Waals surface area (Å²) in [6.45, 7) is 2.00. The predicted octanol–water partition coefficient (Wildman–Crippen LogP) is 4.44. The largest absolute Gasteiger partial charge is 0.459 e. The fourth-order valence-electron chi connectivity index (χ4n) is 4.45. The molecule has 22 heavy (non-hydrogen) atoms.